The van der Waals surface area contributed by atoms with Crippen LogP contribution in [0.2, 0.25) is 0 Å². The molecular weight excluding hydrogens is 436 g/mol. The molecule has 0 atom stereocenters. The number of H-pyrrole nitrogens is 2. The molecule has 0 amide bonds. The number of nitrogens with zero attached hydrogens (tertiary/aromatic N) is 2. The SMILES string of the molecule is O=c1[nH]c(=S)[nH]c(O)c1C=Nc1nc(-c2cc3c(ccc4ccccc43)oc2=O)cs1. The topological polar surface area (TPSA) is 124 Å². The van der Waals surface area contributed by atoms with Gasteiger partial charge in [0.2, 0.25) is 11.0 Å². The summed E-state index contributed by atoms with van der Waals surface area (Å²) >= 11 is 5.97. The molecule has 0 unspecified atom stereocenters. The standard InChI is InChI=1S/C21H12N4O4S2/c26-17-14(18(27)25-20(30)24-17)8-22-21-23-15(9-31-21)13-7-12-11-4-2-1-3-10(11)5-6-16(12)29-19(13)28/h1-9H,(H3,24,25,26,27,30). The Morgan fingerprint density at radius 2 is 1.97 bits per heavy atom. The minimum atomic E-state index is -0.580. The third kappa shape index (κ3) is 3.47. The maximum atomic E-state index is 12.5. The Morgan fingerprint density at radius 3 is 2.81 bits per heavy atom. The third-order valence-electron chi connectivity index (χ3n) is 4.67. The van der Waals surface area contributed by atoms with Gasteiger partial charge in [-0.15, -0.1) is 11.3 Å². The first-order valence-electron chi connectivity index (χ1n) is 9.01. The van der Waals surface area contributed by atoms with Crippen LogP contribution in [0.1, 0.15) is 5.56 Å². The van der Waals surface area contributed by atoms with E-state index in [1.807, 2.05) is 30.3 Å². The van der Waals surface area contributed by atoms with Crippen LogP contribution in [-0.4, -0.2) is 26.3 Å². The van der Waals surface area contributed by atoms with Gasteiger partial charge in [-0.1, -0.05) is 30.3 Å². The van der Waals surface area contributed by atoms with Crippen molar-refractivity contribution in [2.45, 2.75) is 0 Å². The molecule has 0 aliphatic heterocycles. The number of aromatic hydroxyl groups is 1. The first kappa shape index (κ1) is 19.1. The molecule has 0 saturated heterocycles. The molecule has 0 fully saturated rings. The summed E-state index contributed by atoms with van der Waals surface area (Å²) in [6, 6.07) is 13.3. The van der Waals surface area contributed by atoms with Crippen LogP contribution < -0.4 is 11.2 Å². The van der Waals surface area contributed by atoms with E-state index in [1.54, 1.807) is 17.5 Å². The van der Waals surface area contributed by atoms with Crippen LogP contribution in [0.25, 0.3) is 33.0 Å². The molecular formula is C21H12N4O4S2. The normalized spacial score (nSPS) is 11.6. The molecule has 10 heteroatoms. The molecule has 8 nitrogen and oxygen atoms in total. The van der Waals surface area contributed by atoms with E-state index in [0.29, 0.717) is 22.0 Å². The van der Waals surface area contributed by atoms with E-state index in [0.717, 1.165) is 16.2 Å². The van der Waals surface area contributed by atoms with Crippen molar-refractivity contribution in [3.8, 4) is 17.1 Å². The summed E-state index contributed by atoms with van der Waals surface area (Å²) in [5, 5.41) is 14.6. The first-order valence-corrected chi connectivity index (χ1v) is 10.3. The van der Waals surface area contributed by atoms with Gasteiger partial charge in [-0.3, -0.25) is 9.78 Å². The number of thiazole rings is 1. The van der Waals surface area contributed by atoms with Crippen molar-refractivity contribution in [1.29, 1.82) is 0 Å². The monoisotopic (exact) mass is 448 g/mol. The predicted octanol–water partition coefficient (Wildman–Crippen LogP) is 4.27. The Balaban J connectivity index is 1.57. The summed E-state index contributed by atoms with van der Waals surface area (Å²) < 4.78 is 5.52. The van der Waals surface area contributed by atoms with Crippen molar-refractivity contribution >= 4 is 56.6 Å². The van der Waals surface area contributed by atoms with Crippen molar-refractivity contribution in [3.63, 3.8) is 0 Å². The summed E-state index contributed by atoms with van der Waals surface area (Å²) in [6.07, 6.45) is 1.18. The quantitative estimate of drug-likeness (QED) is 0.164. The number of rotatable bonds is 3. The van der Waals surface area contributed by atoms with Gasteiger partial charge in [0.05, 0.1) is 11.3 Å². The predicted molar refractivity (Wildman–Crippen MR) is 122 cm³/mol. The average molecular weight is 448 g/mol. The van der Waals surface area contributed by atoms with E-state index in [-0.39, 0.29) is 10.3 Å². The maximum absolute atomic E-state index is 12.5. The Labute approximate surface area is 182 Å². The zero-order valence-corrected chi connectivity index (χ0v) is 17.2. The number of hydrogen-bond donors (Lipinski definition) is 3. The fraction of sp³-hybridized carbons (Fsp3) is 0. The molecule has 0 saturated carbocycles. The van der Waals surface area contributed by atoms with E-state index in [2.05, 4.69) is 19.9 Å². The van der Waals surface area contributed by atoms with Gasteiger partial charge in [-0.2, -0.15) is 0 Å². The summed E-state index contributed by atoms with van der Waals surface area (Å²) in [5.74, 6) is -0.392. The van der Waals surface area contributed by atoms with Gasteiger partial charge in [0, 0.05) is 17.0 Å². The highest BCUT2D eigenvalue weighted by atomic mass is 32.1. The van der Waals surface area contributed by atoms with Gasteiger partial charge in [-0.05, 0) is 35.1 Å². The lowest BCUT2D eigenvalue weighted by molar-refractivity contribution is 0.449. The highest BCUT2D eigenvalue weighted by Gasteiger charge is 2.13. The lowest BCUT2D eigenvalue weighted by Crippen LogP contribution is -2.13. The van der Waals surface area contributed by atoms with Crippen molar-refractivity contribution in [1.82, 2.24) is 15.0 Å². The lowest BCUT2D eigenvalue weighted by Gasteiger charge is -2.04. The smallest absolute Gasteiger partial charge is 0.345 e. The second-order valence-corrected chi connectivity index (χ2v) is 7.83. The molecule has 3 N–H and O–H groups in total. The fourth-order valence-corrected chi connectivity index (χ4v) is 4.07. The Kier molecular flexibility index (Phi) is 4.57. The van der Waals surface area contributed by atoms with Crippen LogP contribution in [0.4, 0.5) is 5.13 Å². The van der Waals surface area contributed by atoms with E-state index >= 15 is 0 Å². The van der Waals surface area contributed by atoms with Crippen molar-refractivity contribution in [2.75, 3.05) is 0 Å². The molecule has 3 aromatic heterocycles. The molecule has 5 aromatic rings. The summed E-state index contributed by atoms with van der Waals surface area (Å²) in [4.78, 5) is 37.8. The number of aliphatic imine (C=N–C) groups is 1. The second kappa shape index (κ2) is 7.42. The van der Waals surface area contributed by atoms with E-state index < -0.39 is 17.1 Å². The molecule has 0 spiro atoms. The summed E-state index contributed by atoms with van der Waals surface area (Å²) in [5.41, 5.74) is 0.0497. The fourth-order valence-electron chi connectivity index (χ4n) is 3.22. The average Bonchev–Trinajstić information content (AvgIpc) is 3.21. The third-order valence-corrected chi connectivity index (χ3v) is 5.63. The van der Waals surface area contributed by atoms with Gasteiger partial charge >= 0.3 is 5.63 Å². The van der Waals surface area contributed by atoms with Crippen LogP contribution in [0.5, 0.6) is 5.88 Å². The number of hydrogen-bond acceptors (Lipinski definition) is 8. The molecule has 152 valence electrons. The molecule has 0 bridgehead atoms. The van der Waals surface area contributed by atoms with Crippen LogP contribution in [-0.2, 0) is 0 Å². The molecule has 31 heavy (non-hydrogen) atoms. The second-order valence-electron chi connectivity index (χ2n) is 6.59. The van der Waals surface area contributed by atoms with Crippen LogP contribution >= 0.6 is 23.6 Å². The highest BCUT2D eigenvalue weighted by molar-refractivity contribution is 7.71. The zero-order chi connectivity index (χ0) is 21.5. The lowest BCUT2D eigenvalue weighted by atomic mass is 10.0. The van der Waals surface area contributed by atoms with Gasteiger partial charge < -0.3 is 14.5 Å². The molecule has 0 radical (unpaired) electrons. The molecule has 5 rings (SSSR count). The van der Waals surface area contributed by atoms with Crippen molar-refractivity contribution < 1.29 is 9.52 Å². The van der Waals surface area contributed by atoms with Crippen molar-refractivity contribution in [2.24, 2.45) is 4.99 Å². The van der Waals surface area contributed by atoms with Crippen LogP contribution in [0.15, 0.2) is 66.8 Å². The van der Waals surface area contributed by atoms with E-state index in [4.69, 9.17) is 16.6 Å². The largest absolute Gasteiger partial charge is 0.494 e. The van der Waals surface area contributed by atoms with Crippen molar-refractivity contribution in [3.05, 3.63) is 79.0 Å². The van der Waals surface area contributed by atoms with E-state index in [1.165, 1.54) is 17.6 Å². The minimum absolute atomic E-state index is 0.00624. The molecule has 0 aliphatic carbocycles. The van der Waals surface area contributed by atoms with Gasteiger partial charge in [0.1, 0.15) is 11.1 Å². The van der Waals surface area contributed by atoms with Crippen LogP contribution in [0, 0.1) is 4.77 Å². The first-order chi connectivity index (χ1) is 15.0. The Bertz CT molecular complexity index is 1680. The van der Waals surface area contributed by atoms with Crippen LogP contribution in [0.3, 0.4) is 0 Å². The summed E-state index contributed by atoms with van der Waals surface area (Å²) in [7, 11) is 0. The number of aromatic nitrogens is 3. The number of fused-ring (bicyclic) bond motifs is 3. The number of nitrogens with one attached hydrogen (secondary N) is 2. The van der Waals surface area contributed by atoms with E-state index in [9.17, 15) is 14.7 Å². The minimum Gasteiger partial charge on any atom is -0.494 e. The molecule has 0 aliphatic rings. The summed E-state index contributed by atoms with van der Waals surface area (Å²) in [6.45, 7) is 0. The number of benzene rings is 2. The van der Waals surface area contributed by atoms with Gasteiger partial charge in [-0.25, -0.2) is 14.8 Å². The highest BCUT2D eigenvalue weighted by Crippen LogP contribution is 2.30. The van der Waals surface area contributed by atoms with Gasteiger partial charge in [0.25, 0.3) is 5.56 Å². The van der Waals surface area contributed by atoms with Gasteiger partial charge in [0.15, 0.2) is 4.77 Å². The molecule has 2 aromatic carbocycles. The Hall–Kier alpha value is -3.89. The molecule has 3 heterocycles. The Morgan fingerprint density at radius 1 is 1.13 bits per heavy atom. The zero-order valence-electron chi connectivity index (χ0n) is 15.6. The number of aromatic amines is 2. The maximum Gasteiger partial charge on any atom is 0.345 e.